The molecule has 2 aromatic heterocycles. The van der Waals surface area contributed by atoms with Crippen molar-refractivity contribution in [2.75, 3.05) is 11.9 Å². The topological polar surface area (TPSA) is 113 Å². The number of nitrogens with zero attached hydrogens (tertiary/aromatic N) is 2. The molecular weight excluding hydrogens is 336 g/mol. The lowest BCUT2D eigenvalue weighted by Gasteiger charge is -2.05. The number of anilines is 1. The second kappa shape index (κ2) is 6.91. The van der Waals surface area contributed by atoms with Crippen LogP contribution in [-0.2, 0) is 4.79 Å². The number of halogens is 2. The summed E-state index contributed by atoms with van der Waals surface area (Å²) in [6, 6.07) is 4.03. The first kappa shape index (κ1) is 16.3. The Morgan fingerprint density at radius 2 is 1.96 bits per heavy atom. The zero-order chi connectivity index (χ0) is 17.8. The summed E-state index contributed by atoms with van der Waals surface area (Å²) in [6.07, 6.45) is 2.91. The largest absolute Gasteiger partial charge is 0.472 e. The van der Waals surface area contributed by atoms with Crippen LogP contribution in [0.1, 0.15) is 10.4 Å². The SMILES string of the molecule is O=C(CNC(=O)c1cc(F)cc(F)c1)Nc1n[nH]c(-c2ccoc2)n1. The summed E-state index contributed by atoms with van der Waals surface area (Å²) in [5, 5.41) is 11.0. The van der Waals surface area contributed by atoms with Gasteiger partial charge in [0.05, 0.1) is 18.4 Å². The number of aromatic amines is 1. The third kappa shape index (κ3) is 4.05. The second-order valence-electron chi connectivity index (χ2n) is 4.91. The number of H-pyrrole nitrogens is 1. The summed E-state index contributed by atoms with van der Waals surface area (Å²) < 4.78 is 31.0. The minimum atomic E-state index is -0.887. The monoisotopic (exact) mass is 347 g/mol. The maximum atomic E-state index is 13.1. The maximum absolute atomic E-state index is 13.1. The van der Waals surface area contributed by atoms with Gasteiger partial charge < -0.3 is 9.73 Å². The van der Waals surface area contributed by atoms with Gasteiger partial charge in [-0.3, -0.25) is 20.0 Å². The molecule has 25 heavy (non-hydrogen) atoms. The van der Waals surface area contributed by atoms with Crippen molar-refractivity contribution in [3.63, 3.8) is 0 Å². The Morgan fingerprint density at radius 1 is 1.20 bits per heavy atom. The maximum Gasteiger partial charge on any atom is 0.251 e. The average Bonchev–Trinajstić information content (AvgIpc) is 3.22. The van der Waals surface area contributed by atoms with Crippen LogP contribution in [0.4, 0.5) is 14.7 Å². The van der Waals surface area contributed by atoms with Gasteiger partial charge in [0.1, 0.15) is 17.9 Å². The molecule has 2 amide bonds. The molecule has 0 bridgehead atoms. The van der Waals surface area contributed by atoms with Gasteiger partial charge in [0.25, 0.3) is 5.91 Å². The smallest absolute Gasteiger partial charge is 0.251 e. The molecule has 0 aliphatic carbocycles. The van der Waals surface area contributed by atoms with Crippen LogP contribution in [0.5, 0.6) is 0 Å². The minimum Gasteiger partial charge on any atom is -0.472 e. The van der Waals surface area contributed by atoms with E-state index in [1.54, 1.807) is 6.07 Å². The predicted octanol–water partition coefficient (Wildman–Crippen LogP) is 1.71. The summed E-state index contributed by atoms with van der Waals surface area (Å²) >= 11 is 0. The van der Waals surface area contributed by atoms with E-state index in [0.717, 1.165) is 12.1 Å². The van der Waals surface area contributed by atoms with Crippen LogP contribution < -0.4 is 10.6 Å². The van der Waals surface area contributed by atoms with Crippen molar-refractivity contribution in [2.45, 2.75) is 0 Å². The van der Waals surface area contributed by atoms with Crippen LogP contribution in [0.15, 0.2) is 41.2 Å². The van der Waals surface area contributed by atoms with Crippen LogP contribution in [0.3, 0.4) is 0 Å². The molecule has 0 radical (unpaired) electrons. The van der Waals surface area contributed by atoms with Gasteiger partial charge in [-0.05, 0) is 18.2 Å². The highest BCUT2D eigenvalue weighted by Crippen LogP contribution is 2.15. The van der Waals surface area contributed by atoms with Crippen LogP contribution in [0, 0.1) is 11.6 Å². The predicted molar refractivity (Wildman–Crippen MR) is 81.4 cm³/mol. The van der Waals surface area contributed by atoms with Crippen LogP contribution in [-0.4, -0.2) is 33.5 Å². The van der Waals surface area contributed by atoms with Gasteiger partial charge >= 0.3 is 0 Å². The van der Waals surface area contributed by atoms with E-state index >= 15 is 0 Å². The van der Waals surface area contributed by atoms with E-state index < -0.39 is 30.0 Å². The van der Waals surface area contributed by atoms with E-state index in [-0.39, 0.29) is 11.5 Å². The summed E-state index contributed by atoms with van der Waals surface area (Å²) in [7, 11) is 0. The van der Waals surface area contributed by atoms with E-state index in [2.05, 4.69) is 25.8 Å². The molecule has 128 valence electrons. The lowest BCUT2D eigenvalue weighted by Crippen LogP contribution is -2.33. The number of hydrogen-bond acceptors (Lipinski definition) is 5. The minimum absolute atomic E-state index is 0.00671. The molecule has 0 aliphatic rings. The molecule has 8 nitrogen and oxygen atoms in total. The first-order valence-corrected chi connectivity index (χ1v) is 7.00. The number of nitrogens with one attached hydrogen (secondary N) is 3. The number of amides is 2. The summed E-state index contributed by atoms with van der Waals surface area (Å²) in [5.74, 6) is -2.77. The van der Waals surface area contributed by atoms with Gasteiger partial charge in [0.15, 0.2) is 5.82 Å². The van der Waals surface area contributed by atoms with E-state index in [1.165, 1.54) is 12.5 Å². The summed E-state index contributed by atoms with van der Waals surface area (Å²) in [4.78, 5) is 27.6. The average molecular weight is 347 g/mol. The van der Waals surface area contributed by atoms with E-state index in [1.807, 2.05) is 0 Å². The van der Waals surface area contributed by atoms with Gasteiger partial charge in [0, 0.05) is 11.6 Å². The second-order valence-corrected chi connectivity index (χ2v) is 4.91. The first-order chi connectivity index (χ1) is 12.0. The Hall–Kier alpha value is -3.56. The van der Waals surface area contributed by atoms with Crippen molar-refractivity contribution >= 4 is 17.8 Å². The fourth-order valence-electron chi connectivity index (χ4n) is 1.96. The van der Waals surface area contributed by atoms with Crippen molar-refractivity contribution in [1.82, 2.24) is 20.5 Å². The molecular formula is C15H11F2N5O3. The van der Waals surface area contributed by atoms with Crippen molar-refractivity contribution in [2.24, 2.45) is 0 Å². The normalized spacial score (nSPS) is 10.5. The molecule has 0 spiro atoms. The van der Waals surface area contributed by atoms with Gasteiger partial charge in [-0.15, -0.1) is 5.10 Å². The number of furan rings is 1. The zero-order valence-electron chi connectivity index (χ0n) is 12.5. The number of rotatable bonds is 5. The van der Waals surface area contributed by atoms with E-state index in [0.29, 0.717) is 17.5 Å². The molecule has 0 atom stereocenters. The molecule has 1 aromatic carbocycles. The molecule has 3 N–H and O–H groups in total. The Morgan fingerprint density at radius 3 is 2.64 bits per heavy atom. The molecule has 3 rings (SSSR count). The number of carbonyl (C=O) groups excluding carboxylic acids is 2. The van der Waals surface area contributed by atoms with E-state index in [4.69, 9.17) is 4.42 Å². The number of aromatic nitrogens is 3. The molecule has 10 heteroatoms. The number of carbonyl (C=O) groups is 2. The standard InChI is InChI=1S/C15H11F2N5O3/c16-10-3-9(4-11(17)5-10)14(24)18-6-12(23)19-15-20-13(21-22-15)8-1-2-25-7-8/h1-5,7H,6H2,(H,18,24)(H2,19,20,21,22,23). The quantitative estimate of drug-likeness (QED) is 0.650. The fraction of sp³-hybridized carbons (Fsp3) is 0.0667. The Labute approximate surface area is 139 Å². The highest BCUT2D eigenvalue weighted by atomic mass is 19.1. The number of hydrogen-bond donors (Lipinski definition) is 3. The molecule has 0 saturated carbocycles. The molecule has 2 heterocycles. The van der Waals surface area contributed by atoms with Crippen LogP contribution >= 0.6 is 0 Å². The highest BCUT2D eigenvalue weighted by molar-refractivity contribution is 5.98. The zero-order valence-corrected chi connectivity index (χ0v) is 12.5. The van der Waals surface area contributed by atoms with Crippen molar-refractivity contribution < 1.29 is 22.8 Å². The van der Waals surface area contributed by atoms with Crippen molar-refractivity contribution in [1.29, 1.82) is 0 Å². The third-order valence-electron chi connectivity index (χ3n) is 3.07. The van der Waals surface area contributed by atoms with Gasteiger partial charge in [-0.1, -0.05) is 0 Å². The Bertz CT molecular complexity index is 888. The van der Waals surface area contributed by atoms with Crippen LogP contribution in [0.25, 0.3) is 11.4 Å². The van der Waals surface area contributed by atoms with E-state index in [9.17, 15) is 18.4 Å². The Balaban J connectivity index is 1.55. The van der Waals surface area contributed by atoms with Crippen molar-refractivity contribution in [3.8, 4) is 11.4 Å². The van der Waals surface area contributed by atoms with Crippen LogP contribution in [0.2, 0.25) is 0 Å². The lowest BCUT2D eigenvalue weighted by atomic mass is 10.2. The molecule has 3 aromatic rings. The van der Waals surface area contributed by atoms with Gasteiger partial charge in [-0.2, -0.15) is 4.98 Å². The molecule has 0 unspecified atom stereocenters. The molecule has 0 saturated heterocycles. The first-order valence-electron chi connectivity index (χ1n) is 7.00. The summed E-state index contributed by atoms with van der Waals surface area (Å²) in [6.45, 7) is -0.424. The summed E-state index contributed by atoms with van der Waals surface area (Å²) in [5.41, 5.74) is 0.417. The highest BCUT2D eigenvalue weighted by Gasteiger charge is 2.13. The fourth-order valence-corrected chi connectivity index (χ4v) is 1.96. The molecule has 0 aliphatic heterocycles. The molecule has 0 fully saturated rings. The lowest BCUT2D eigenvalue weighted by molar-refractivity contribution is -0.115. The number of benzene rings is 1. The van der Waals surface area contributed by atoms with Gasteiger partial charge in [0.2, 0.25) is 11.9 Å². The van der Waals surface area contributed by atoms with Gasteiger partial charge in [-0.25, -0.2) is 8.78 Å². The Kier molecular flexibility index (Phi) is 4.50. The van der Waals surface area contributed by atoms with Crippen molar-refractivity contribution in [3.05, 3.63) is 54.0 Å². The third-order valence-corrected chi connectivity index (χ3v) is 3.07.